The summed E-state index contributed by atoms with van der Waals surface area (Å²) < 4.78 is 0. The molecular formula is C11H25IN4O. The number of rotatable bonds is 7. The van der Waals surface area contributed by atoms with E-state index in [0.29, 0.717) is 5.96 Å². The molecule has 0 aromatic carbocycles. The van der Waals surface area contributed by atoms with E-state index in [0.717, 1.165) is 13.0 Å². The second-order valence-electron chi connectivity index (χ2n) is 3.98. The maximum absolute atomic E-state index is 11.2. The molecule has 0 saturated heterocycles. The molecule has 1 amide bonds. The molecule has 6 heteroatoms. The Labute approximate surface area is 121 Å². The number of halogens is 1. The van der Waals surface area contributed by atoms with Crippen molar-refractivity contribution >= 4 is 35.8 Å². The molecule has 102 valence electrons. The summed E-state index contributed by atoms with van der Waals surface area (Å²) in [6.45, 7) is 3.11. The molecule has 5 nitrogen and oxygen atoms in total. The van der Waals surface area contributed by atoms with E-state index < -0.39 is 0 Å². The van der Waals surface area contributed by atoms with Gasteiger partial charge in [-0.1, -0.05) is 26.2 Å². The number of carbonyl (C=O) groups is 1. The molecule has 0 spiro atoms. The Balaban J connectivity index is 0. The first-order chi connectivity index (χ1) is 7.57. The lowest BCUT2D eigenvalue weighted by molar-refractivity contribution is -0.127. The molecule has 0 unspecified atom stereocenters. The Bertz CT molecular complexity index is 232. The van der Waals surface area contributed by atoms with Gasteiger partial charge in [0.15, 0.2) is 5.96 Å². The van der Waals surface area contributed by atoms with Crippen molar-refractivity contribution in [3.8, 4) is 0 Å². The van der Waals surface area contributed by atoms with Crippen LogP contribution in [0.5, 0.6) is 0 Å². The van der Waals surface area contributed by atoms with Gasteiger partial charge in [-0.3, -0.25) is 4.79 Å². The van der Waals surface area contributed by atoms with Crippen molar-refractivity contribution in [3.63, 3.8) is 0 Å². The fourth-order valence-electron chi connectivity index (χ4n) is 1.12. The molecule has 0 aromatic heterocycles. The van der Waals surface area contributed by atoms with Crippen molar-refractivity contribution < 1.29 is 4.79 Å². The highest BCUT2D eigenvalue weighted by Gasteiger charge is 2.01. The number of amides is 1. The summed E-state index contributed by atoms with van der Waals surface area (Å²) in [6, 6.07) is 0. The van der Waals surface area contributed by atoms with Crippen molar-refractivity contribution in [2.45, 2.75) is 32.6 Å². The summed E-state index contributed by atoms with van der Waals surface area (Å²) >= 11 is 0. The van der Waals surface area contributed by atoms with Crippen molar-refractivity contribution in [2.75, 3.05) is 27.2 Å². The fraction of sp³-hybridized carbons (Fsp3) is 0.818. The summed E-state index contributed by atoms with van der Waals surface area (Å²) in [5, 5.41) is 2.99. The van der Waals surface area contributed by atoms with Gasteiger partial charge in [0.2, 0.25) is 5.91 Å². The van der Waals surface area contributed by atoms with E-state index in [1.54, 1.807) is 14.1 Å². The number of hydrogen-bond acceptors (Lipinski definition) is 2. The van der Waals surface area contributed by atoms with Gasteiger partial charge in [-0.05, 0) is 6.42 Å². The number of hydrogen-bond donors (Lipinski definition) is 2. The predicted molar refractivity (Wildman–Crippen MR) is 82.7 cm³/mol. The number of nitrogens with two attached hydrogens (primary N) is 1. The largest absolute Gasteiger partial charge is 0.370 e. The van der Waals surface area contributed by atoms with Gasteiger partial charge >= 0.3 is 0 Å². The van der Waals surface area contributed by atoms with Crippen LogP contribution in [0.3, 0.4) is 0 Å². The molecule has 17 heavy (non-hydrogen) atoms. The molecule has 0 aliphatic rings. The molecule has 0 radical (unpaired) electrons. The third-order valence-corrected chi connectivity index (χ3v) is 2.22. The minimum Gasteiger partial charge on any atom is -0.370 e. The van der Waals surface area contributed by atoms with E-state index in [-0.39, 0.29) is 36.4 Å². The number of carbonyl (C=O) groups excluding carboxylic acids is 1. The van der Waals surface area contributed by atoms with Crippen LogP contribution in [0.25, 0.3) is 0 Å². The molecule has 0 aliphatic carbocycles. The first kappa shape index (κ1) is 18.8. The Morgan fingerprint density at radius 2 is 1.94 bits per heavy atom. The maximum Gasteiger partial charge on any atom is 0.243 e. The van der Waals surface area contributed by atoms with Gasteiger partial charge in [0, 0.05) is 20.6 Å². The second kappa shape index (κ2) is 11.9. The summed E-state index contributed by atoms with van der Waals surface area (Å²) in [6.07, 6.45) is 4.76. The van der Waals surface area contributed by atoms with E-state index in [9.17, 15) is 4.79 Å². The third-order valence-electron chi connectivity index (χ3n) is 2.22. The Morgan fingerprint density at radius 3 is 2.47 bits per heavy atom. The van der Waals surface area contributed by atoms with Crippen LogP contribution in [0.15, 0.2) is 4.99 Å². The number of nitrogens with zero attached hydrogens (tertiary/aromatic N) is 2. The highest BCUT2D eigenvalue weighted by Crippen LogP contribution is 1.96. The van der Waals surface area contributed by atoms with Gasteiger partial charge in [0.25, 0.3) is 0 Å². The lowest BCUT2D eigenvalue weighted by atomic mass is 10.2. The topological polar surface area (TPSA) is 70.7 Å². The minimum absolute atomic E-state index is 0. The molecular weight excluding hydrogens is 331 g/mol. The average Bonchev–Trinajstić information content (AvgIpc) is 2.25. The highest BCUT2D eigenvalue weighted by atomic mass is 127. The van der Waals surface area contributed by atoms with Crippen molar-refractivity contribution in [3.05, 3.63) is 0 Å². The lowest BCUT2D eigenvalue weighted by Gasteiger charge is -2.08. The molecule has 0 saturated carbocycles. The number of aliphatic imine (C=N–C) groups is 1. The zero-order valence-corrected chi connectivity index (χ0v) is 13.4. The van der Waals surface area contributed by atoms with Crippen LogP contribution in [0.1, 0.15) is 32.6 Å². The van der Waals surface area contributed by atoms with Crippen molar-refractivity contribution in [2.24, 2.45) is 10.7 Å². The molecule has 0 atom stereocenters. The van der Waals surface area contributed by atoms with Gasteiger partial charge in [0.1, 0.15) is 6.54 Å². The van der Waals surface area contributed by atoms with Gasteiger partial charge in [-0.15, -0.1) is 24.0 Å². The predicted octanol–water partition coefficient (Wildman–Crippen LogP) is 1.18. The van der Waals surface area contributed by atoms with Crippen LogP contribution < -0.4 is 11.1 Å². The Kier molecular flexibility index (Phi) is 13.2. The highest BCUT2D eigenvalue weighted by molar-refractivity contribution is 14.0. The van der Waals surface area contributed by atoms with Crippen molar-refractivity contribution in [1.29, 1.82) is 0 Å². The molecule has 3 N–H and O–H groups in total. The third kappa shape index (κ3) is 11.7. The molecule has 0 aromatic rings. The van der Waals surface area contributed by atoms with E-state index in [4.69, 9.17) is 5.73 Å². The Morgan fingerprint density at radius 1 is 1.29 bits per heavy atom. The fourth-order valence-corrected chi connectivity index (χ4v) is 1.12. The van der Waals surface area contributed by atoms with E-state index in [1.165, 1.54) is 24.2 Å². The summed E-state index contributed by atoms with van der Waals surface area (Å²) in [5.41, 5.74) is 5.61. The number of unbranched alkanes of at least 4 members (excludes halogenated alkanes) is 3. The van der Waals surface area contributed by atoms with E-state index in [1.807, 2.05) is 0 Å². The minimum atomic E-state index is -0.0456. The summed E-state index contributed by atoms with van der Waals surface area (Å²) in [7, 11) is 3.40. The molecule has 0 aliphatic heterocycles. The lowest BCUT2D eigenvalue weighted by Crippen LogP contribution is -2.34. The zero-order chi connectivity index (χ0) is 12.4. The van der Waals surface area contributed by atoms with Crippen LogP contribution in [-0.4, -0.2) is 44.0 Å². The van der Waals surface area contributed by atoms with Gasteiger partial charge in [-0.25, -0.2) is 4.99 Å². The molecule has 0 bridgehead atoms. The van der Waals surface area contributed by atoms with Gasteiger partial charge < -0.3 is 16.0 Å². The Hall–Kier alpha value is -0.530. The van der Waals surface area contributed by atoms with Crippen LogP contribution in [0.2, 0.25) is 0 Å². The second-order valence-corrected chi connectivity index (χ2v) is 3.98. The van der Waals surface area contributed by atoms with Crippen molar-refractivity contribution in [1.82, 2.24) is 10.2 Å². The number of likely N-dealkylation sites (N-methyl/N-ethyl adjacent to an activating group) is 1. The maximum atomic E-state index is 11.2. The average molecular weight is 356 g/mol. The molecule has 0 fully saturated rings. The van der Waals surface area contributed by atoms with Crippen LogP contribution in [0, 0.1) is 0 Å². The summed E-state index contributed by atoms with van der Waals surface area (Å²) in [4.78, 5) is 16.7. The number of guanidine groups is 1. The van der Waals surface area contributed by atoms with Crippen LogP contribution in [-0.2, 0) is 4.79 Å². The first-order valence-electron chi connectivity index (χ1n) is 5.81. The smallest absolute Gasteiger partial charge is 0.243 e. The molecule has 0 heterocycles. The van der Waals surface area contributed by atoms with E-state index >= 15 is 0 Å². The van der Waals surface area contributed by atoms with Gasteiger partial charge in [0.05, 0.1) is 0 Å². The quantitative estimate of drug-likeness (QED) is 0.311. The number of nitrogens with one attached hydrogen (secondary N) is 1. The molecule has 0 rings (SSSR count). The van der Waals surface area contributed by atoms with E-state index in [2.05, 4.69) is 17.2 Å². The zero-order valence-electron chi connectivity index (χ0n) is 11.0. The normalized spacial score (nSPS) is 10.6. The van der Waals surface area contributed by atoms with Crippen LogP contribution in [0.4, 0.5) is 0 Å². The van der Waals surface area contributed by atoms with Gasteiger partial charge in [-0.2, -0.15) is 0 Å². The monoisotopic (exact) mass is 356 g/mol. The SMILES string of the molecule is CCCCCCNC(N)=NCC(=O)N(C)C.I. The first-order valence-corrected chi connectivity index (χ1v) is 5.81. The standard InChI is InChI=1S/C11H24N4O.HI/c1-4-5-6-7-8-13-11(12)14-9-10(16)15(2)3;/h4-9H2,1-3H3,(H3,12,13,14);1H. The van der Waals surface area contributed by atoms with Crippen LogP contribution >= 0.6 is 24.0 Å². The summed E-state index contributed by atoms with van der Waals surface area (Å²) in [5.74, 6) is 0.308.